The predicted octanol–water partition coefficient (Wildman–Crippen LogP) is 3.86. The van der Waals surface area contributed by atoms with Crippen molar-refractivity contribution < 1.29 is 18.3 Å². The van der Waals surface area contributed by atoms with Crippen LogP contribution in [0.25, 0.3) is 22.3 Å². The smallest absolute Gasteiger partial charge is 0.255 e. The number of carbonyl (C=O) groups is 1. The first-order chi connectivity index (χ1) is 16.9. The Hall–Kier alpha value is -2.75. The van der Waals surface area contributed by atoms with Crippen LogP contribution in [-0.4, -0.2) is 81.9 Å². The maximum absolute atomic E-state index is 13.6. The molecule has 0 aliphatic carbocycles. The lowest BCUT2D eigenvalue weighted by Crippen LogP contribution is -2.47. The number of nitrogens with one attached hydrogen (secondary N) is 1. The van der Waals surface area contributed by atoms with Crippen LogP contribution in [0.4, 0.5) is 10.1 Å². The predicted molar refractivity (Wildman–Crippen MR) is 139 cm³/mol. The van der Waals surface area contributed by atoms with Crippen molar-refractivity contribution in [3.8, 4) is 17.1 Å². The van der Waals surface area contributed by atoms with E-state index in [4.69, 9.17) is 9.15 Å². The van der Waals surface area contributed by atoms with Crippen LogP contribution < -0.4 is 14.4 Å². The van der Waals surface area contributed by atoms with Gasteiger partial charge < -0.3 is 23.7 Å². The van der Waals surface area contributed by atoms with Crippen molar-refractivity contribution in [2.75, 3.05) is 64.4 Å². The van der Waals surface area contributed by atoms with E-state index in [1.807, 2.05) is 19.4 Å². The zero-order valence-corrected chi connectivity index (χ0v) is 21.4. The van der Waals surface area contributed by atoms with Gasteiger partial charge in [0, 0.05) is 82.1 Å². The Morgan fingerprint density at radius 1 is 1.23 bits per heavy atom. The highest BCUT2D eigenvalue weighted by Gasteiger charge is 2.35. The van der Waals surface area contributed by atoms with Gasteiger partial charge in [0.1, 0.15) is 29.0 Å². The summed E-state index contributed by atoms with van der Waals surface area (Å²) in [6, 6.07) is 7.98. The molecular formula is C26H31FN4O3S. The van der Waals surface area contributed by atoms with Crippen molar-refractivity contribution in [1.82, 2.24) is 15.1 Å². The lowest BCUT2D eigenvalue weighted by molar-refractivity contribution is 0.0964. The minimum Gasteiger partial charge on any atom is -0.486 e. The maximum atomic E-state index is 13.6. The third kappa shape index (κ3) is 4.48. The fourth-order valence-corrected chi connectivity index (χ4v) is 5.30. The molecule has 0 bridgehead atoms. The third-order valence-corrected chi connectivity index (χ3v) is 7.70. The molecule has 186 valence electrons. The molecule has 2 aliphatic heterocycles. The standard InChI is InChI=1S/C26H31FN4O3S/c1-28-26(32)23-22-19-13-18(15-31-11-9-29(2)10-12-31)33-25(19)20(30(3)35-4)14-21(22)34-24(23)16-5-7-17(27)8-6-16/h5-8,14,18H,9-13,15H2,1-4H3,(H,28,32). The molecule has 0 saturated carbocycles. The summed E-state index contributed by atoms with van der Waals surface area (Å²) in [6.45, 7) is 4.97. The number of amides is 1. The summed E-state index contributed by atoms with van der Waals surface area (Å²) in [5.41, 5.74) is 3.66. The average molecular weight is 499 g/mol. The van der Waals surface area contributed by atoms with Gasteiger partial charge in [-0.05, 0) is 31.3 Å². The van der Waals surface area contributed by atoms with Gasteiger partial charge in [0.05, 0.1) is 11.3 Å². The lowest BCUT2D eigenvalue weighted by Gasteiger charge is -2.33. The monoisotopic (exact) mass is 498 g/mol. The number of hydrogen-bond donors (Lipinski definition) is 1. The van der Waals surface area contributed by atoms with Gasteiger partial charge in [-0.1, -0.05) is 11.9 Å². The first-order valence-electron chi connectivity index (χ1n) is 11.8. The third-order valence-electron chi connectivity index (χ3n) is 6.96. The van der Waals surface area contributed by atoms with Gasteiger partial charge in [-0.25, -0.2) is 4.39 Å². The summed E-state index contributed by atoms with van der Waals surface area (Å²) in [4.78, 5) is 17.9. The van der Waals surface area contributed by atoms with Crippen LogP contribution in [0.3, 0.4) is 0 Å². The molecule has 1 atom stereocenters. The van der Waals surface area contributed by atoms with E-state index in [0.717, 1.165) is 55.1 Å². The molecule has 0 radical (unpaired) electrons. The molecule has 2 aliphatic rings. The summed E-state index contributed by atoms with van der Waals surface area (Å²) in [5.74, 6) is 0.674. The molecule has 1 amide bonds. The number of piperazine rings is 1. The molecule has 0 spiro atoms. The van der Waals surface area contributed by atoms with Gasteiger partial charge in [-0.3, -0.25) is 9.69 Å². The topological polar surface area (TPSA) is 61.2 Å². The molecule has 1 N–H and O–H groups in total. The van der Waals surface area contributed by atoms with E-state index in [2.05, 4.69) is 26.5 Å². The van der Waals surface area contributed by atoms with E-state index in [-0.39, 0.29) is 17.8 Å². The molecule has 7 nitrogen and oxygen atoms in total. The zero-order valence-electron chi connectivity index (χ0n) is 20.6. The SMILES string of the molecule is CNC(=O)c1c(-c2ccc(F)cc2)oc2cc(N(C)SC)c3c(c12)CC(CN1CCN(C)CC1)O3. The first-order valence-corrected chi connectivity index (χ1v) is 13.0. The molecule has 1 saturated heterocycles. The van der Waals surface area contributed by atoms with E-state index in [0.29, 0.717) is 28.9 Å². The van der Waals surface area contributed by atoms with Gasteiger partial charge in [-0.15, -0.1) is 0 Å². The second-order valence-corrected chi connectivity index (χ2v) is 10.1. The largest absolute Gasteiger partial charge is 0.486 e. The highest BCUT2D eigenvalue weighted by atomic mass is 32.2. The molecule has 1 aromatic heterocycles. The van der Waals surface area contributed by atoms with Crippen LogP contribution in [0.5, 0.6) is 5.75 Å². The Kier molecular flexibility index (Phi) is 6.65. The fourth-order valence-electron chi connectivity index (χ4n) is 4.97. The van der Waals surface area contributed by atoms with Gasteiger partial charge in [-0.2, -0.15) is 0 Å². The summed E-state index contributed by atoms with van der Waals surface area (Å²) >= 11 is 1.58. The van der Waals surface area contributed by atoms with Crippen LogP contribution in [0, 0.1) is 5.82 Å². The minimum atomic E-state index is -0.337. The Morgan fingerprint density at radius 2 is 1.94 bits per heavy atom. The zero-order chi connectivity index (χ0) is 24.7. The fraction of sp³-hybridized carbons (Fsp3) is 0.423. The van der Waals surface area contributed by atoms with E-state index in [1.165, 1.54) is 12.1 Å². The Bertz CT molecular complexity index is 1240. The molecule has 35 heavy (non-hydrogen) atoms. The van der Waals surface area contributed by atoms with Crippen LogP contribution >= 0.6 is 11.9 Å². The number of benzene rings is 2. The molecule has 3 heterocycles. The number of hydrogen-bond acceptors (Lipinski definition) is 7. The van der Waals surface area contributed by atoms with Crippen LogP contribution in [0.15, 0.2) is 34.7 Å². The van der Waals surface area contributed by atoms with Gasteiger partial charge >= 0.3 is 0 Å². The van der Waals surface area contributed by atoms with Crippen molar-refractivity contribution in [3.05, 3.63) is 47.3 Å². The Balaban J connectivity index is 1.62. The van der Waals surface area contributed by atoms with Gasteiger partial charge in [0.15, 0.2) is 0 Å². The maximum Gasteiger partial charge on any atom is 0.255 e. The summed E-state index contributed by atoms with van der Waals surface area (Å²) < 4.78 is 28.5. The van der Waals surface area contributed by atoms with E-state index < -0.39 is 0 Å². The summed E-state index contributed by atoms with van der Waals surface area (Å²) in [6.07, 6.45) is 2.70. The lowest BCUT2D eigenvalue weighted by atomic mass is 9.97. The molecule has 5 rings (SSSR count). The Labute approximate surface area is 209 Å². The Morgan fingerprint density at radius 3 is 2.60 bits per heavy atom. The van der Waals surface area contributed by atoms with Crippen LogP contribution in [0.1, 0.15) is 15.9 Å². The summed E-state index contributed by atoms with van der Waals surface area (Å²) in [5, 5.41) is 3.54. The number of likely N-dealkylation sites (N-methyl/N-ethyl adjacent to an activating group) is 1. The van der Waals surface area contributed by atoms with E-state index >= 15 is 0 Å². The molecular weight excluding hydrogens is 467 g/mol. The van der Waals surface area contributed by atoms with Crippen LogP contribution in [0.2, 0.25) is 0 Å². The van der Waals surface area contributed by atoms with Crippen molar-refractivity contribution >= 4 is 34.5 Å². The molecule has 2 aromatic carbocycles. The van der Waals surface area contributed by atoms with E-state index in [1.54, 1.807) is 31.1 Å². The average Bonchev–Trinajstić information content (AvgIpc) is 3.45. The molecule has 3 aromatic rings. The number of anilines is 1. The second kappa shape index (κ2) is 9.72. The number of ether oxygens (including phenoxy) is 1. The molecule has 9 heteroatoms. The van der Waals surface area contributed by atoms with Crippen molar-refractivity contribution in [1.29, 1.82) is 0 Å². The van der Waals surface area contributed by atoms with Crippen molar-refractivity contribution in [3.63, 3.8) is 0 Å². The molecule has 1 unspecified atom stereocenters. The summed E-state index contributed by atoms with van der Waals surface area (Å²) in [7, 11) is 5.75. The van der Waals surface area contributed by atoms with Gasteiger partial charge in [0.25, 0.3) is 5.91 Å². The van der Waals surface area contributed by atoms with E-state index in [9.17, 15) is 9.18 Å². The minimum absolute atomic E-state index is 0.00489. The molecule has 1 fully saturated rings. The quantitative estimate of drug-likeness (QED) is 0.518. The van der Waals surface area contributed by atoms with Crippen LogP contribution in [-0.2, 0) is 6.42 Å². The number of fused-ring (bicyclic) bond motifs is 3. The number of nitrogens with zero attached hydrogens (tertiary/aromatic N) is 3. The highest BCUT2D eigenvalue weighted by molar-refractivity contribution is 7.99. The first kappa shape index (κ1) is 24.0. The highest BCUT2D eigenvalue weighted by Crippen LogP contribution is 2.48. The van der Waals surface area contributed by atoms with Crippen molar-refractivity contribution in [2.45, 2.75) is 12.5 Å². The normalized spacial score (nSPS) is 18.5. The number of furan rings is 1. The second-order valence-electron chi connectivity index (χ2n) is 9.20. The number of rotatable bonds is 6. The van der Waals surface area contributed by atoms with Crippen molar-refractivity contribution in [2.24, 2.45) is 0 Å². The number of halogens is 1. The number of carbonyl (C=O) groups excluding carboxylic acids is 1. The van der Waals surface area contributed by atoms with Gasteiger partial charge in [0.2, 0.25) is 0 Å².